The van der Waals surface area contributed by atoms with Crippen molar-refractivity contribution in [1.29, 1.82) is 5.41 Å². The lowest BCUT2D eigenvalue weighted by molar-refractivity contribution is 0.612. The van der Waals surface area contributed by atoms with Gasteiger partial charge in [-0.15, -0.1) is 11.3 Å². The Labute approximate surface area is 114 Å². The van der Waals surface area contributed by atoms with Gasteiger partial charge in [-0.3, -0.25) is 5.41 Å². The van der Waals surface area contributed by atoms with Crippen LogP contribution in [0.5, 0.6) is 0 Å². The molecule has 3 N–H and O–H groups in total. The quantitative estimate of drug-likeness (QED) is 0.499. The Balaban J connectivity index is 1.68. The molecular formula is C13H15N3S2. The number of nitrogens with two attached hydrogens (primary N) is 1. The molecule has 3 nitrogen and oxygen atoms in total. The summed E-state index contributed by atoms with van der Waals surface area (Å²) in [5, 5.41) is 7.42. The fourth-order valence-corrected chi connectivity index (χ4v) is 4.44. The minimum Gasteiger partial charge on any atom is -0.388 e. The molecule has 1 heterocycles. The number of fused-ring (bicyclic) bond motifs is 1. The SMILES string of the molecule is N=C(N)CC1(CSc2nc3ccccc3s2)CC1. The van der Waals surface area contributed by atoms with Gasteiger partial charge in [0.15, 0.2) is 4.34 Å². The number of benzene rings is 1. The zero-order chi connectivity index (χ0) is 12.6. The third kappa shape index (κ3) is 2.52. The highest BCUT2D eigenvalue weighted by Gasteiger charge is 2.43. The number of thioether (sulfide) groups is 1. The Bertz CT molecular complexity index is 554. The topological polar surface area (TPSA) is 62.8 Å². The van der Waals surface area contributed by atoms with Crippen LogP contribution in [0.15, 0.2) is 28.6 Å². The van der Waals surface area contributed by atoms with Gasteiger partial charge in [0.05, 0.1) is 16.1 Å². The van der Waals surface area contributed by atoms with Gasteiger partial charge >= 0.3 is 0 Å². The standard InChI is InChI=1S/C13H15N3S2/c14-11(15)7-13(5-6-13)8-17-12-16-9-3-1-2-4-10(9)18-12/h1-4H,5-8H2,(H3,14,15). The van der Waals surface area contributed by atoms with Crippen LogP contribution in [0.1, 0.15) is 19.3 Å². The fraction of sp³-hybridized carbons (Fsp3) is 0.385. The van der Waals surface area contributed by atoms with Gasteiger partial charge in [-0.2, -0.15) is 0 Å². The van der Waals surface area contributed by atoms with E-state index in [9.17, 15) is 0 Å². The lowest BCUT2D eigenvalue weighted by Gasteiger charge is -2.11. The summed E-state index contributed by atoms with van der Waals surface area (Å²) in [6, 6.07) is 8.24. The highest BCUT2D eigenvalue weighted by Crippen LogP contribution is 2.52. The van der Waals surface area contributed by atoms with Crippen LogP contribution in [0.3, 0.4) is 0 Å². The first kappa shape index (κ1) is 12.0. The van der Waals surface area contributed by atoms with Crippen LogP contribution < -0.4 is 5.73 Å². The van der Waals surface area contributed by atoms with Crippen LogP contribution in [0, 0.1) is 10.8 Å². The van der Waals surface area contributed by atoms with Gasteiger partial charge in [0.25, 0.3) is 0 Å². The third-order valence-corrected chi connectivity index (χ3v) is 5.83. The number of para-hydroxylation sites is 1. The van der Waals surface area contributed by atoms with E-state index in [0.29, 0.717) is 5.84 Å². The lowest BCUT2D eigenvalue weighted by Crippen LogP contribution is -2.17. The van der Waals surface area contributed by atoms with Crippen molar-refractivity contribution < 1.29 is 0 Å². The van der Waals surface area contributed by atoms with Gasteiger partial charge in [-0.1, -0.05) is 23.9 Å². The molecule has 94 valence electrons. The van der Waals surface area contributed by atoms with Gasteiger partial charge in [-0.25, -0.2) is 4.98 Å². The minimum absolute atomic E-state index is 0.286. The summed E-state index contributed by atoms with van der Waals surface area (Å²) in [4.78, 5) is 4.62. The molecule has 0 spiro atoms. The predicted octanol–water partition coefficient (Wildman–Crippen LogP) is 3.49. The first-order valence-electron chi connectivity index (χ1n) is 5.98. The number of amidine groups is 1. The summed E-state index contributed by atoms with van der Waals surface area (Å²) in [6.45, 7) is 0. The Morgan fingerprint density at radius 3 is 2.89 bits per heavy atom. The van der Waals surface area contributed by atoms with E-state index in [1.54, 1.807) is 11.3 Å². The average molecular weight is 277 g/mol. The normalized spacial score (nSPS) is 16.9. The van der Waals surface area contributed by atoms with Gasteiger partial charge in [-0.05, 0) is 30.4 Å². The maximum absolute atomic E-state index is 7.42. The van der Waals surface area contributed by atoms with Crippen LogP contribution in [-0.2, 0) is 0 Å². The summed E-state index contributed by atoms with van der Waals surface area (Å²) in [6.07, 6.45) is 3.14. The van der Waals surface area contributed by atoms with Crippen molar-refractivity contribution in [2.75, 3.05) is 5.75 Å². The van der Waals surface area contributed by atoms with Crippen LogP contribution in [-0.4, -0.2) is 16.6 Å². The van der Waals surface area contributed by atoms with E-state index in [0.717, 1.165) is 22.0 Å². The Kier molecular flexibility index (Phi) is 3.03. The second kappa shape index (κ2) is 4.55. The van der Waals surface area contributed by atoms with Crippen molar-refractivity contribution >= 4 is 39.2 Å². The zero-order valence-corrected chi connectivity index (χ0v) is 11.6. The van der Waals surface area contributed by atoms with Gasteiger partial charge in [0.1, 0.15) is 0 Å². The van der Waals surface area contributed by atoms with E-state index in [1.165, 1.54) is 17.5 Å². The molecule has 1 fully saturated rings. The monoisotopic (exact) mass is 277 g/mol. The van der Waals surface area contributed by atoms with Crippen molar-refractivity contribution in [3.05, 3.63) is 24.3 Å². The van der Waals surface area contributed by atoms with Crippen LogP contribution in [0.25, 0.3) is 10.2 Å². The van der Waals surface area contributed by atoms with Gasteiger partial charge in [0.2, 0.25) is 0 Å². The van der Waals surface area contributed by atoms with Crippen LogP contribution >= 0.6 is 23.1 Å². The highest BCUT2D eigenvalue weighted by atomic mass is 32.2. The van der Waals surface area contributed by atoms with Crippen LogP contribution in [0.2, 0.25) is 0 Å². The largest absolute Gasteiger partial charge is 0.388 e. The molecule has 0 atom stereocenters. The Hall–Kier alpha value is -1.07. The van der Waals surface area contributed by atoms with Gasteiger partial charge < -0.3 is 5.73 Å². The lowest BCUT2D eigenvalue weighted by atomic mass is 10.1. The molecule has 2 aromatic rings. The fourth-order valence-electron chi connectivity index (χ4n) is 2.08. The highest BCUT2D eigenvalue weighted by molar-refractivity contribution is 8.01. The number of nitrogens with zero attached hydrogens (tertiary/aromatic N) is 1. The van der Waals surface area contributed by atoms with Crippen molar-refractivity contribution in [2.24, 2.45) is 11.1 Å². The smallest absolute Gasteiger partial charge is 0.151 e. The van der Waals surface area contributed by atoms with E-state index in [2.05, 4.69) is 17.1 Å². The number of rotatable bonds is 5. The van der Waals surface area contributed by atoms with Gasteiger partial charge in [0, 0.05) is 12.2 Å². The zero-order valence-electron chi connectivity index (χ0n) is 9.98. The minimum atomic E-state index is 0.286. The van der Waals surface area contributed by atoms with E-state index in [1.807, 2.05) is 23.9 Å². The second-order valence-electron chi connectivity index (χ2n) is 4.94. The summed E-state index contributed by atoms with van der Waals surface area (Å²) in [5.41, 5.74) is 6.88. The van der Waals surface area contributed by atoms with E-state index in [-0.39, 0.29) is 5.41 Å². The third-order valence-electron chi connectivity index (χ3n) is 3.30. The van der Waals surface area contributed by atoms with Crippen molar-refractivity contribution in [3.8, 4) is 0 Å². The molecule has 3 rings (SSSR count). The molecular weight excluding hydrogens is 262 g/mol. The first-order chi connectivity index (χ1) is 8.67. The number of thiazole rings is 1. The number of hydrogen-bond acceptors (Lipinski definition) is 4. The molecule has 0 saturated heterocycles. The molecule has 0 bridgehead atoms. The Morgan fingerprint density at radius 2 is 2.22 bits per heavy atom. The van der Waals surface area contributed by atoms with E-state index < -0.39 is 0 Å². The maximum Gasteiger partial charge on any atom is 0.151 e. The van der Waals surface area contributed by atoms with Crippen molar-refractivity contribution in [3.63, 3.8) is 0 Å². The van der Waals surface area contributed by atoms with E-state index in [4.69, 9.17) is 11.1 Å². The summed E-state index contributed by atoms with van der Waals surface area (Å²) in [7, 11) is 0. The van der Waals surface area contributed by atoms with Crippen molar-refractivity contribution in [1.82, 2.24) is 4.98 Å². The predicted molar refractivity (Wildman–Crippen MR) is 78.5 cm³/mol. The number of hydrogen-bond donors (Lipinski definition) is 2. The molecule has 5 heteroatoms. The summed E-state index contributed by atoms with van der Waals surface area (Å²) < 4.78 is 2.38. The number of nitrogens with one attached hydrogen (secondary N) is 1. The Morgan fingerprint density at radius 1 is 1.44 bits per heavy atom. The molecule has 0 unspecified atom stereocenters. The summed E-state index contributed by atoms with van der Waals surface area (Å²) in [5.74, 6) is 1.35. The molecule has 0 radical (unpaired) electrons. The first-order valence-corrected chi connectivity index (χ1v) is 7.78. The molecule has 1 aliphatic carbocycles. The molecule has 0 amide bonds. The maximum atomic E-state index is 7.42. The summed E-state index contributed by atoms with van der Waals surface area (Å²) >= 11 is 3.56. The van der Waals surface area contributed by atoms with E-state index >= 15 is 0 Å². The van der Waals surface area contributed by atoms with Crippen molar-refractivity contribution in [2.45, 2.75) is 23.6 Å². The molecule has 1 aromatic carbocycles. The molecule has 1 aromatic heterocycles. The second-order valence-corrected chi connectivity index (χ2v) is 7.19. The number of aromatic nitrogens is 1. The molecule has 18 heavy (non-hydrogen) atoms. The molecule has 1 aliphatic rings. The molecule has 0 aliphatic heterocycles. The van der Waals surface area contributed by atoms with Crippen LogP contribution in [0.4, 0.5) is 0 Å². The average Bonchev–Trinajstić information content (AvgIpc) is 2.95. The molecule has 1 saturated carbocycles.